The minimum absolute atomic E-state index is 0.138. The summed E-state index contributed by atoms with van der Waals surface area (Å²) in [5, 5.41) is 10.6. The van der Waals surface area contributed by atoms with E-state index in [0.29, 0.717) is 25.2 Å². The summed E-state index contributed by atoms with van der Waals surface area (Å²) in [6, 6.07) is 12.7. The standard InChI is InChI=1S/C23H30FNO3/c1-17-7-5-11-23(18(17)2)28-16-20(26)14-25(15-21-9-6-12-27-21)13-19-8-3-4-10-22(19)24/h3-5,7-8,10-11,20-21,26H,6,9,12-16H2,1-2H3. The average molecular weight is 387 g/mol. The summed E-state index contributed by atoms with van der Waals surface area (Å²) < 4.78 is 25.7. The van der Waals surface area contributed by atoms with E-state index in [1.165, 1.54) is 6.07 Å². The fraction of sp³-hybridized carbons (Fsp3) is 0.478. The number of hydrogen-bond donors (Lipinski definition) is 1. The van der Waals surface area contributed by atoms with E-state index in [9.17, 15) is 9.50 Å². The van der Waals surface area contributed by atoms with E-state index < -0.39 is 6.10 Å². The lowest BCUT2D eigenvalue weighted by molar-refractivity contribution is 0.0309. The summed E-state index contributed by atoms with van der Waals surface area (Å²) >= 11 is 0. The number of hydrogen-bond acceptors (Lipinski definition) is 4. The van der Waals surface area contributed by atoms with Gasteiger partial charge >= 0.3 is 0 Å². The second-order valence-corrected chi connectivity index (χ2v) is 7.58. The van der Waals surface area contributed by atoms with Crippen molar-refractivity contribution in [3.8, 4) is 5.75 Å². The molecule has 0 bridgehead atoms. The minimum Gasteiger partial charge on any atom is -0.491 e. The van der Waals surface area contributed by atoms with Crippen molar-refractivity contribution in [1.29, 1.82) is 0 Å². The maximum absolute atomic E-state index is 14.1. The number of halogens is 1. The Morgan fingerprint density at radius 1 is 1.21 bits per heavy atom. The summed E-state index contributed by atoms with van der Waals surface area (Å²) in [7, 11) is 0. The normalized spacial score (nSPS) is 17.8. The van der Waals surface area contributed by atoms with E-state index in [1.54, 1.807) is 12.1 Å². The predicted octanol–water partition coefficient (Wildman–Crippen LogP) is 3.86. The lowest BCUT2D eigenvalue weighted by Gasteiger charge is -2.27. The van der Waals surface area contributed by atoms with E-state index in [2.05, 4.69) is 4.90 Å². The summed E-state index contributed by atoms with van der Waals surface area (Å²) in [6.07, 6.45) is 1.52. The Kier molecular flexibility index (Phi) is 7.43. The number of benzene rings is 2. The second-order valence-electron chi connectivity index (χ2n) is 7.58. The summed E-state index contributed by atoms with van der Waals surface area (Å²) in [5.41, 5.74) is 2.87. The molecule has 1 aliphatic rings. The zero-order valence-electron chi connectivity index (χ0n) is 16.7. The van der Waals surface area contributed by atoms with Gasteiger partial charge in [-0.05, 0) is 49.9 Å². The van der Waals surface area contributed by atoms with Gasteiger partial charge in [-0.2, -0.15) is 0 Å². The Morgan fingerprint density at radius 3 is 2.79 bits per heavy atom. The molecule has 0 aromatic heterocycles. The van der Waals surface area contributed by atoms with E-state index in [0.717, 1.165) is 36.3 Å². The first-order chi connectivity index (χ1) is 13.5. The molecule has 28 heavy (non-hydrogen) atoms. The molecule has 1 N–H and O–H groups in total. The molecule has 0 amide bonds. The Hall–Kier alpha value is -1.95. The number of nitrogens with zero attached hydrogens (tertiary/aromatic N) is 1. The van der Waals surface area contributed by atoms with Crippen LogP contribution in [0.5, 0.6) is 5.75 Å². The molecule has 0 saturated carbocycles. The third kappa shape index (κ3) is 5.77. The molecule has 0 radical (unpaired) electrons. The topological polar surface area (TPSA) is 41.9 Å². The van der Waals surface area contributed by atoms with Crippen molar-refractivity contribution in [2.75, 3.05) is 26.3 Å². The molecule has 0 spiro atoms. The van der Waals surface area contributed by atoms with Gasteiger partial charge in [-0.25, -0.2) is 4.39 Å². The highest BCUT2D eigenvalue weighted by atomic mass is 19.1. The van der Waals surface area contributed by atoms with Gasteiger partial charge in [-0.1, -0.05) is 30.3 Å². The van der Waals surface area contributed by atoms with Crippen molar-refractivity contribution in [3.63, 3.8) is 0 Å². The first kappa shape index (κ1) is 20.8. The molecule has 1 saturated heterocycles. The van der Waals surface area contributed by atoms with Gasteiger partial charge in [0.05, 0.1) is 6.10 Å². The van der Waals surface area contributed by atoms with Crippen LogP contribution < -0.4 is 4.74 Å². The van der Waals surface area contributed by atoms with Crippen LogP contribution in [0.25, 0.3) is 0 Å². The van der Waals surface area contributed by atoms with Crippen LogP contribution in [-0.2, 0) is 11.3 Å². The number of aliphatic hydroxyl groups excluding tert-OH is 1. The highest BCUT2D eigenvalue weighted by Crippen LogP contribution is 2.21. The molecule has 4 nitrogen and oxygen atoms in total. The first-order valence-electron chi connectivity index (χ1n) is 9.97. The van der Waals surface area contributed by atoms with Crippen molar-refractivity contribution in [2.45, 2.75) is 45.4 Å². The van der Waals surface area contributed by atoms with Gasteiger partial charge in [0, 0.05) is 31.8 Å². The molecule has 2 unspecified atom stereocenters. The molecule has 3 rings (SSSR count). The van der Waals surface area contributed by atoms with Crippen LogP contribution in [0, 0.1) is 19.7 Å². The van der Waals surface area contributed by atoms with Crippen LogP contribution in [0.4, 0.5) is 4.39 Å². The van der Waals surface area contributed by atoms with Crippen LogP contribution in [-0.4, -0.2) is 48.5 Å². The molecular weight excluding hydrogens is 357 g/mol. The maximum Gasteiger partial charge on any atom is 0.127 e. The molecule has 152 valence electrons. The molecule has 1 fully saturated rings. The largest absolute Gasteiger partial charge is 0.491 e. The highest BCUT2D eigenvalue weighted by molar-refractivity contribution is 5.38. The lowest BCUT2D eigenvalue weighted by Crippen LogP contribution is -2.39. The van der Waals surface area contributed by atoms with Gasteiger partial charge in [-0.15, -0.1) is 0 Å². The average Bonchev–Trinajstić information content (AvgIpc) is 3.18. The number of rotatable bonds is 9. The van der Waals surface area contributed by atoms with Gasteiger partial charge in [-0.3, -0.25) is 4.90 Å². The SMILES string of the molecule is Cc1cccc(OCC(O)CN(Cc2ccccc2F)CC2CCCO2)c1C. The Balaban J connectivity index is 1.60. The van der Waals surface area contributed by atoms with Crippen molar-refractivity contribution in [3.05, 3.63) is 65.0 Å². The Bertz CT molecular complexity index is 761. The molecule has 0 aliphatic carbocycles. The third-order valence-corrected chi connectivity index (χ3v) is 5.29. The molecular formula is C23H30FNO3. The molecule has 2 atom stereocenters. The van der Waals surface area contributed by atoms with E-state index in [-0.39, 0.29) is 18.5 Å². The van der Waals surface area contributed by atoms with Crippen molar-refractivity contribution in [2.24, 2.45) is 0 Å². The monoisotopic (exact) mass is 387 g/mol. The minimum atomic E-state index is -0.673. The third-order valence-electron chi connectivity index (χ3n) is 5.29. The summed E-state index contributed by atoms with van der Waals surface area (Å²) in [4.78, 5) is 2.06. The van der Waals surface area contributed by atoms with Crippen molar-refractivity contribution in [1.82, 2.24) is 4.90 Å². The Labute approximate surface area is 166 Å². The van der Waals surface area contributed by atoms with Gasteiger partial charge in [0.2, 0.25) is 0 Å². The highest BCUT2D eigenvalue weighted by Gasteiger charge is 2.22. The fourth-order valence-corrected chi connectivity index (χ4v) is 3.56. The van der Waals surface area contributed by atoms with Gasteiger partial charge < -0.3 is 14.6 Å². The van der Waals surface area contributed by atoms with Crippen LogP contribution in [0.15, 0.2) is 42.5 Å². The van der Waals surface area contributed by atoms with Crippen molar-refractivity contribution >= 4 is 0 Å². The molecule has 2 aromatic carbocycles. The molecule has 1 heterocycles. The lowest BCUT2D eigenvalue weighted by atomic mass is 10.1. The van der Waals surface area contributed by atoms with Crippen LogP contribution in [0.3, 0.4) is 0 Å². The van der Waals surface area contributed by atoms with Gasteiger partial charge in [0.25, 0.3) is 0 Å². The smallest absolute Gasteiger partial charge is 0.127 e. The van der Waals surface area contributed by atoms with E-state index in [1.807, 2.05) is 38.1 Å². The maximum atomic E-state index is 14.1. The molecule has 5 heteroatoms. The first-order valence-corrected chi connectivity index (χ1v) is 9.97. The van der Waals surface area contributed by atoms with Crippen molar-refractivity contribution < 1.29 is 19.0 Å². The predicted molar refractivity (Wildman–Crippen MR) is 108 cm³/mol. The van der Waals surface area contributed by atoms with Crippen LogP contribution in [0.2, 0.25) is 0 Å². The zero-order chi connectivity index (χ0) is 19.9. The number of aryl methyl sites for hydroxylation is 1. The van der Waals surface area contributed by atoms with E-state index in [4.69, 9.17) is 9.47 Å². The van der Waals surface area contributed by atoms with Crippen LogP contribution >= 0.6 is 0 Å². The number of aliphatic hydroxyl groups is 1. The zero-order valence-corrected chi connectivity index (χ0v) is 16.7. The molecule has 1 aliphatic heterocycles. The fourth-order valence-electron chi connectivity index (χ4n) is 3.56. The summed E-state index contributed by atoms with van der Waals surface area (Å²) in [6.45, 7) is 6.54. The molecule has 2 aromatic rings. The second kappa shape index (κ2) is 10.0. The number of ether oxygens (including phenoxy) is 2. The van der Waals surface area contributed by atoms with Gasteiger partial charge in [0.15, 0.2) is 0 Å². The van der Waals surface area contributed by atoms with Gasteiger partial charge in [0.1, 0.15) is 24.3 Å². The Morgan fingerprint density at radius 2 is 2.04 bits per heavy atom. The van der Waals surface area contributed by atoms with E-state index >= 15 is 0 Å². The summed E-state index contributed by atoms with van der Waals surface area (Å²) in [5.74, 6) is 0.569. The quantitative estimate of drug-likeness (QED) is 0.709. The van der Waals surface area contributed by atoms with Crippen LogP contribution in [0.1, 0.15) is 29.5 Å².